The molecule has 1 unspecified atom stereocenters. The smallest absolute Gasteiger partial charge is 0.314 e. The largest absolute Gasteiger partial charge is 0.493 e. The van der Waals surface area contributed by atoms with Gasteiger partial charge in [0.25, 0.3) is 0 Å². The van der Waals surface area contributed by atoms with Gasteiger partial charge in [0, 0.05) is 18.4 Å². The van der Waals surface area contributed by atoms with Crippen LogP contribution in [0.3, 0.4) is 0 Å². The summed E-state index contributed by atoms with van der Waals surface area (Å²) in [7, 11) is 0. The predicted molar refractivity (Wildman–Crippen MR) is 68.6 cm³/mol. The number of rotatable bonds is 4. The van der Waals surface area contributed by atoms with Crippen LogP contribution in [0.1, 0.15) is 31.2 Å². The van der Waals surface area contributed by atoms with E-state index in [2.05, 4.69) is 5.92 Å². The Morgan fingerprint density at radius 2 is 2.28 bits per heavy atom. The Morgan fingerprint density at radius 3 is 3.00 bits per heavy atom. The lowest BCUT2D eigenvalue weighted by Gasteiger charge is -2.35. The molecule has 1 atom stereocenters. The zero-order chi connectivity index (χ0) is 13.0. The van der Waals surface area contributed by atoms with Crippen LogP contribution in [0.15, 0.2) is 24.3 Å². The van der Waals surface area contributed by atoms with E-state index in [0.717, 1.165) is 12.0 Å². The highest BCUT2D eigenvalue weighted by Crippen LogP contribution is 2.42. The van der Waals surface area contributed by atoms with Crippen molar-refractivity contribution >= 4 is 5.97 Å². The van der Waals surface area contributed by atoms with Crippen LogP contribution in [-0.2, 0) is 10.2 Å². The van der Waals surface area contributed by atoms with E-state index >= 15 is 0 Å². The Kier molecular flexibility index (Phi) is 3.57. The maximum atomic E-state index is 11.7. The molecular formula is C15H16O3. The molecule has 0 aliphatic carbocycles. The average molecular weight is 244 g/mol. The van der Waals surface area contributed by atoms with E-state index in [4.69, 9.17) is 11.2 Å². The number of fused-ring (bicyclic) bond motifs is 1. The van der Waals surface area contributed by atoms with Gasteiger partial charge < -0.3 is 9.84 Å². The minimum absolute atomic E-state index is 0.444. The van der Waals surface area contributed by atoms with Crippen LogP contribution >= 0.6 is 0 Å². The number of hydrogen-bond acceptors (Lipinski definition) is 2. The van der Waals surface area contributed by atoms with Gasteiger partial charge in [-0.1, -0.05) is 18.2 Å². The zero-order valence-electron chi connectivity index (χ0n) is 10.2. The number of carbonyl (C=O) groups is 1. The van der Waals surface area contributed by atoms with Crippen LogP contribution in [0, 0.1) is 12.3 Å². The molecule has 0 fully saturated rings. The Bertz CT molecular complexity index is 487. The van der Waals surface area contributed by atoms with Crippen molar-refractivity contribution in [2.24, 2.45) is 0 Å². The molecular weight excluding hydrogens is 228 g/mol. The summed E-state index contributed by atoms with van der Waals surface area (Å²) < 4.78 is 5.53. The fraction of sp³-hybridized carbons (Fsp3) is 0.400. The van der Waals surface area contributed by atoms with E-state index in [1.165, 1.54) is 0 Å². The van der Waals surface area contributed by atoms with Crippen LogP contribution < -0.4 is 4.74 Å². The number of hydrogen-bond donors (Lipinski definition) is 1. The normalized spacial score (nSPS) is 21.5. The summed E-state index contributed by atoms with van der Waals surface area (Å²) in [5.74, 6) is 2.47. The molecule has 1 aliphatic heterocycles. The second-order valence-electron chi connectivity index (χ2n) is 4.54. The van der Waals surface area contributed by atoms with Crippen LogP contribution in [0.4, 0.5) is 0 Å². The number of ether oxygens (including phenoxy) is 1. The van der Waals surface area contributed by atoms with Gasteiger partial charge in [-0.25, -0.2) is 0 Å². The Hall–Kier alpha value is -1.95. The highest BCUT2D eigenvalue weighted by molar-refractivity contribution is 5.83. The molecule has 0 bridgehead atoms. The Morgan fingerprint density at radius 1 is 1.50 bits per heavy atom. The van der Waals surface area contributed by atoms with E-state index in [1.807, 2.05) is 24.3 Å². The first-order valence-corrected chi connectivity index (χ1v) is 6.10. The number of unbranched alkanes of at least 4 members (excludes halogenated alkanes) is 1. The van der Waals surface area contributed by atoms with E-state index in [1.54, 1.807) is 0 Å². The van der Waals surface area contributed by atoms with Crippen molar-refractivity contribution in [2.45, 2.75) is 31.1 Å². The molecule has 2 rings (SSSR count). The molecule has 0 saturated heterocycles. The fourth-order valence-electron chi connectivity index (χ4n) is 2.54. The summed E-state index contributed by atoms with van der Waals surface area (Å²) in [4.78, 5) is 11.7. The van der Waals surface area contributed by atoms with Crippen molar-refractivity contribution in [3.63, 3.8) is 0 Å². The third-order valence-corrected chi connectivity index (χ3v) is 3.52. The van der Waals surface area contributed by atoms with Gasteiger partial charge >= 0.3 is 5.97 Å². The van der Waals surface area contributed by atoms with Crippen molar-refractivity contribution in [1.82, 2.24) is 0 Å². The molecule has 0 aromatic heterocycles. The second-order valence-corrected chi connectivity index (χ2v) is 4.54. The first-order valence-electron chi connectivity index (χ1n) is 6.10. The lowest BCUT2D eigenvalue weighted by Crippen LogP contribution is -2.40. The summed E-state index contributed by atoms with van der Waals surface area (Å²) >= 11 is 0. The molecule has 0 amide bonds. The van der Waals surface area contributed by atoms with E-state index in [9.17, 15) is 9.90 Å². The molecule has 3 nitrogen and oxygen atoms in total. The molecule has 1 aromatic rings. The zero-order valence-corrected chi connectivity index (χ0v) is 10.2. The van der Waals surface area contributed by atoms with E-state index in [0.29, 0.717) is 31.6 Å². The molecule has 0 radical (unpaired) electrons. The van der Waals surface area contributed by atoms with E-state index in [-0.39, 0.29) is 0 Å². The maximum Gasteiger partial charge on any atom is 0.314 e. The molecule has 94 valence electrons. The van der Waals surface area contributed by atoms with Crippen molar-refractivity contribution in [1.29, 1.82) is 0 Å². The molecule has 1 aromatic carbocycles. The van der Waals surface area contributed by atoms with Gasteiger partial charge in [-0.15, -0.1) is 12.3 Å². The quantitative estimate of drug-likeness (QED) is 0.654. The number of benzene rings is 1. The van der Waals surface area contributed by atoms with Gasteiger partial charge in [0.2, 0.25) is 0 Å². The summed E-state index contributed by atoms with van der Waals surface area (Å²) in [5, 5.41) is 9.63. The number of carboxylic acid groups (broad SMARTS) is 1. The first kappa shape index (κ1) is 12.5. The third-order valence-electron chi connectivity index (χ3n) is 3.52. The first-order chi connectivity index (χ1) is 8.70. The lowest BCUT2D eigenvalue weighted by atomic mass is 9.72. The molecule has 1 N–H and O–H groups in total. The highest BCUT2D eigenvalue weighted by atomic mass is 16.5. The van der Waals surface area contributed by atoms with Gasteiger partial charge in [0.05, 0.1) is 12.0 Å². The van der Waals surface area contributed by atoms with Crippen LogP contribution in [-0.4, -0.2) is 17.7 Å². The molecule has 18 heavy (non-hydrogen) atoms. The molecule has 3 heteroatoms. The summed E-state index contributed by atoms with van der Waals surface area (Å²) in [6.45, 7) is 0.444. The fourth-order valence-corrected chi connectivity index (χ4v) is 2.54. The van der Waals surface area contributed by atoms with E-state index < -0.39 is 11.4 Å². The van der Waals surface area contributed by atoms with Crippen molar-refractivity contribution in [3.8, 4) is 18.1 Å². The summed E-state index contributed by atoms with van der Waals surface area (Å²) in [6, 6.07) is 7.39. The molecule has 1 heterocycles. The van der Waals surface area contributed by atoms with Gasteiger partial charge in [0.15, 0.2) is 0 Å². The number of para-hydroxylation sites is 1. The monoisotopic (exact) mass is 244 g/mol. The minimum Gasteiger partial charge on any atom is -0.493 e. The summed E-state index contributed by atoms with van der Waals surface area (Å²) in [6.07, 6.45) is 7.63. The maximum absolute atomic E-state index is 11.7. The SMILES string of the molecule is C#CCCCC1(C(=O)O)CCOc2ccccc21. The van der Waals surface area contributed by atoms with Crippen LogP contribution in [0.5, 0.6) is 5.75 Å². The molecule has 0 saturated carbocycles. The van der Waals surface area contributed by atoms with Gasteiger partial charge in [-0.05, 0) is 18.9 Å². The van der Waals surface area contributed by atoms with Crippen molar-refractivity contribution in [3.05, 3.63) is 29.8 Å². The Labute approximate surface area is 107 Å². The van der Waals surface area contributed by atoms with Crippen LogP contribution in [0.2, 0.25) is 0 Å². The Balaban J connectivity index is 2.37. The minimum atomic E-state index is -0.842. The van der Waals surface area contributed by atoms with Gasteiger partial charge in [-0.3, -0.25) is 4.79 Å². The van der Waals surface area contributed by atoms with Gasteiger partial charge in [-0.2, -0.15) is 0 Å². The van der Waals surface area contributed by atoms with Gasteiger partial charge in [0.1, 0.15) is 5.75 Å². The average Bonchev–Trinajstić information content (AvgIpc) is 2.39. The number of carboxylic acids is 1. The number of aliphatic carboxylic acids is 1. The second kappa shape index (κ2) is 5.14. The van der Waals surface area contributed by atoms with Crippen LogP contribution in [0.25, 0.3) is 0 Å². The lowest BCUT2D eigenvalue weighted by molar-refractivity contribution is -0.145. The third kappa shape index (κ3) is 2.06. The standard InChI is InChI=1S/C15H16O3/c1-2-3-6-9-15(14(16)17)10-11-18-13-8-5-4-7-12(13)15/h1,4-5,7-8H,3,6,9-11H2,(H,16,17). The van der Waals surface area contributed by atoms with Crippen molar-refractivity contribution < 1.29 is 14.6 Å². The topological polar surface area (TPSA) is 46.5 Å². The summed E-state index contributed by atoms with van der Waals surface area (Å²) in [5.41, 5.74) is -0.0631. The predicted octanol–water partition coefficient (Wildman–Crippen LogP) is 2.60. The molecule has 0 spiro atoms. The van der Waals surface area contributed by atoms with Crippen molar-refractivity contribution in [2.75, 3.05) is 6.61 Å². The highest BCUT2D eigenvalue weighted by Gasteiger charge is 2.43. The number of terminal acetylenes is 1. The molecule has 1 aliphatic rings.